The average molecular weight is 409 g/mol. The van der Waals surface area contributed by atoms with E-state index < -0.39 is 10.0 Å². The number of halogens is 1. The minimum atomic E-state index is -3.70. The summed E-state index contributed by atoms with van der Waals surface area (Å²) in [5.41, 5.74) is 1.14. The number of ether oxygens (including phenoxy) is 1. The summed E-state index contributed by atoms with van der Waals surface area (Å²) in [6.45, 7) is 1.71. The van der Waals surface area contributed by atoms with Crippen LogP contribution in [0.15, 0.2) is 53.4 Å². The number of rotatable bonds is 5. The number of hydrogen-bond acceptors (Lipinski definition) is 4. The Kier molecular flexibility index (Phi) is 6.16. The maximum Gasteiger partial charge on any atom is 0.255 e. The first-order valence-corrected chi connectivity index (χ1v) is 10.4. The molecule has 144 valence electrons. The molecule has 0 unspecified atom stereocenters. The number of sulfonamides is 1. The minimum Gasteiger partial charge on any atom is -0.379 e. The second kappa shape index (κ2) is 8.39. The molecular formula is C19H21ClN2O4S. The number of benzene rings is 2. The van der Waals surface area contributed by atoms with Gasteiger partial charge in [-0.15, -0.1) is 0 Å². The Morgan fingerprint density at radius 1 is 1.15 bits per heavy atom. The van der Waals surface area contributed by atoms with Crippen LogP contribution in [0.25, 0.3) is 0 Å². The number of hydrogen-bond donors (Lipinski definition) is 0. The maximum absolute atomic E-state index is 12.8. The first-order chi connectivity index (χ1) is 12.9. The van der Waals surface area contributed by atoms with Gasteiger partial charge < -0.3 is 9.64 Å². The van der Waals surface area contributed by atoms with Gasteiger partial charge in [0.15, 0.2) is 0 Å². The molecule has 3 rings (SSSR count). The molecule has 0 aromatic heterocycles. The van der Waals surface area contributed by atoms with Crippen molar-refractivity contribution in [3.05, 3.63) is 64.7 Å². The van der Waals surface area contributed by atoms with Gasteiger partial charge in [0.1, 0.15) is 0 Å². The molecule has 1 heterocycles. The molecule has 1 saturated heterocycles. The highest BCUT2D eigenvalue weighted by atomic mass is 35.5. The molecule has 2 aromatic rings. The largest absolute Gasteiger partial charge is 0.379 e. The van der Waals surface area contributed by atoms with Crippen molar-refractivity contribution >= 4 is 27.5 Å². The average Bonchev–Trinajstić information content (AvgIpc) is 2.69. The summed E-state index contributed by atoms with van der Waals surface area (Å²) in [7, 11) is -2.03. The van der Waals surface area contributed by atoms with E-state index in [4.69, 9.17) is 16.3 Å². The molecule has 6 nitrogen and oxygen atoms in total. The summed E-state index contributed by atoms with van der Waals surface area (Å²) in [6, 6.07) is 13.8. The first kappa shape index (κ1) is 19.8. The molecule has 0 atom stereocenters. The van der Waals surface area contributed by atoms with E-state index in [0.29, 0.717) is 32.8 Å². The lowest BCUT2D eigenvalue weighted by Crippen LogP contribution is -2.40. The fraction of sp³-hybridized carbons (Fsp3) is 0.316. The summed E-state index contributed by atoms with van der Waals surface area (Å²) in [6.07, 6.45) is 0. The zero-order valence-electron chi connectivity index (χ0n) is 15.0. The van der Waals surface area contributed by atoms with Gasteiger partial charge in [0.25, 0.3) is 5.91 Å². The van der Waals surface area contributed by atoms with Gasteiger partial charge in [-0.25, -0.2) is 8.42 Å². The normalized spacial score (nSPS) is 15.5. The molecule has 0 N–H and O–H groups in total. The first-order valence-electron chi connectivity index (χ1n) is 8.56. The van der Waals surface area contributed by atoms with Crippen LogP contribution in [-0.4, -0.2) is 56.9 Å². The molecule has 0 saturated carbocycles. The smallest absolute Gasteiger partial charge is 0.255 e. The van der Waals surface area contributed by atoms with Crippen LogP contribution in [0, 0.1) is 0 Å². The number of nitrogens with zero attached hydrogens (tertiary/aromatic N) is 2. The van der Waals surface area contributed by atoms with Crippen molar-refractivity contribution in [3.63, 3.8) is 0 Å². The highest BCUT2D eigenvalue weighted by molar-refractivity contribution is 7.89. The van der Waals surface area contributed by atoms with Gasteiger partial charge in [-0.1, -0.05) is 41.9 Å². The third-order valence-electron chi connectivity index (χ3n) is 4.39. The Bertz CT molecular complexity index is 913. The van der Waals surface area contributed by atoms with Gasteiger partial charge in [0.2, 0.25) is 10.0 Å². The van der Waals surface area contributed by atoms with E-state index in [-0.39, 0.29) is 21.4 Å². The molecule has 1 aliphatic rings. The van der Waals surface area contributed by atoms with Gasteiger partial charge in [-0.2, -0.15) is 4.31 Å². The zero-order valence-corrected chi connectivity index (χ0v) is 16.5. The Labute approximate surface area is 164 Å². The van der Waals surface area contributed by atoms with Crippen molar-refractivity contribution in [1.29, 1.82) is 0 Å². The summed E-state index contributed by atoms with van der Waals surface area (Å²) in [4.78, 5) is 14.4. The quantitative estimate of drug-likeness (QED) is 0.762. The van der Waals surface area contributed by atoms with Gasteiger partial charge in [-0.3, -0.25) is 4.79 Å². The van der Waals surface area contributed by atoms with Gasteiger partial charge in [-0.05, 0) is 23.8 Å². The van der Waals surface area contributed by atoms with Crippen molar-refractivity contribution < 1.29 is 17.9 Å². The van der Waals surface area contributed by atoms with Crippen LogP contribution in [0.4, 0.5) is 0 Å². The fourth-order valence-corrected chi connectivity index (χ4v) is 4.53. The lowest BCUT2D eigenvalue weighted by Gasteiger charge is -2.26. The van der Waals surface area contributed by atoms with Crippen molar-refractivity contribution in [1.82, 2.24) is 9.21 Å². The van der Waals surface area contributed by atoms with Crippen molar-refractivity contribution in [2.75, 3.05) is 33.4 Å². The monoisotopic (exact) mass is 408 g/mol. The van der Waals surface area contributed by atoms with E-state index in [2.05, 4.69) is 0 Å². The SMILES string of the molecule is CN(Cc1ccccc1)C(=O)c1cc(S(=O)(=O)N2CCOCC2)ccc1Cl. The Balaban J connectivity index is 1.85. The Hall–Kier alpha value is -1.93. The zero-order chi connectivity index (χ0) is 19.4. The maximum atomic E-state index is 12.8. The molecule has 0 spiro atoms. The highest BCUT2D eigenvalue weighted by Gasteiger charge is 2.28. The van der Waals surface area contributed by atoms with Crippen molar-refractivity contribution in [2.24, 2.45) is 0 Å². The van der Waals surface area contributed by atoms with Gasteiger partial charge in [0.05, 0.1) is 28.7 Å². The fourth-order valence-electron chi connectivity index (χ4n) is 2.90. The standard InChI is InChI=1S/C19H21ClN2O4S/c1-21(14-15-5-3-2-4-6-15)19(23)17-13-16(7-8-18(17)20)27(24,25)22-9-11-26-12-10-22/h2-8,13H,9-12,14H2,1H3. The Morgan fingerprint density at radius 3 is 2.48 bits per heavy atom. The highest BCUT2D eigenvalue weighted by Crippen LogP contribution is 2.25. The van der Waals surface area contributed by atoms with Crippen LogP contribution in [0.3, 0.4) is 0 Å². The van der Waals surface area contributed by atoms with Gasteiger partial charge in [0, 0.05) is 26.7 Å². The third-order valence-corrected chi connectivity index (χ3v) is 6.61. The number of morpholine rings is 1. The van der Waals surface area contributed by atoms with Crippen LogP contribution in [0.2, 0.25) is 5.02 Å². The van der Waals surface area contributed by atoms with Crippen molar-refractivity contribution in [3.8, 4) is 0 Å². The summed E-state index contributed by atoms with van der Waals surface area (Å²) in [5, 5.41) is 0.223. The summed E-state index contributed by atoms with van der Waals surface area (Å²) in [5.74, 6) is -0.331. The molecule has 0 bridgehead atoms. The lowest BCUT2D eigenvalue weighted by atomic mass is 10.1. The second-order valence-electron chi connectivity index (χ2n) is 6.30. The molecule has 0 radical (unpaired) electrons. The van der Waals surface area contributed by atoms with E-state index in [0.717, 1.165) is 5.56 Å². The predicted molar refractivity (Wildman–Crippen MR) is 103 cm³/mol. The van der Waals surface area contributed by atoms with Crippen LogP contribution < -0.4 is 0 Å². The lowest BCUT2D eigenvalue weighted by molar-refractivity contribution is 0.0730. The van der Waals surface area contributed by atoms with Gasteiger partial charge >= 0.3 is 0 Å². The second-order valence-corrected chi connectivity index (χ2v) is 8.65. The predicted octanol–water partition coefficient (Wildman–Crippen LogP) is 2.63. The summed E-state index contributed by atoms with van der Waals surface area (Å²) < 4.78 is 32.2. The molecule has 27 heavy (non-hydrogen) atoms. The van der Waals surface area contributed by atoms with Crippen LogP contribution in [-0.2, 0) is 21.3 Å². The van der Waals surface area contributed by atoms with E-state index in [1.54, 1.807) is 7.05 Å². The Morgan fingerprint density at radius 2 is 1.81 bits per heavy atom. The van der Waals surface area contributed by atoms with E-state index in [1.807, 2.05) is 30.3 Å². The van der Waals surface area contributed by atoms with E-state index >= 15 is 0 Å². The number of carbonyl (C=O) groups is 1. The molecule has 1 fully saturated rings. The topological polar surface area (TPSA) is 66.9 Å². The molecule has 1 aliphatic heterocycles. The van der Waals surface area contributed by atoms with Crippen LogP contribution in [0.1, 0.15) is 15.9 Å². The molecule has 1 amide bonds. The summed E-state index contributed by atoms with van der Waals surface area (Å²) >= 11 is 6.20. The number of amides is 1. The van der Waals surface area contributed by atoms with Crippen LogP contribution in [0.5, 0.6) is 0 Å². The van der Waals surface area contributed by atoms with Crippen molar-refractivity contribution in [2.45, 2.75) is 11.4 Å². The molecular weight excluding hydrogens is 388 g/mol. The van der Waals surface area contributed by atoms with E-state index in [1.165, 1.54) is 27.4 Å². The molecule has 8 heteroatoms. The van der Waals surface area contributed by atoms with Crippen LogP contribution >= 0.6 is 11.6 Å². The third kappa shape index (κ3) is 4.50. The number of carbonyl (C=O) groups excluding carboxylic acids is 1. The minimum absolute atomic E-state index is 0.0604. The molecule has 0 aliphatic carbocycles. The molecule has 2 aromatic carbocycles. The van der Waals surface area contributed by atoms with E-state index in [9.17, 15) is 13.2 Å².